The Bertz CT molecular complexity index is 1220. The van der Waals surface area contributed by atoms with E-state index in [-0.39, 0.29) is 18.2 Å². The monoisotopic (exact) mass is 450 g/mol. The molecule has 0 bridgehead atoms. The summed E-state index contributed by atoms with van der Waals surface area (Å²) in [5.74, 6) is 1.62. The van der Waals surface area contributed by atoms with E-state index in [0.29, 0.717) is 34.9 Å². The van der Waals surface area contributed by atoms with Crippen LogP contribution in [0.1, 0.15) is 29.5 Å². The lowest BCUT2D eigenvalue weighted by Crippen LogP contribution is -2.35. The number of nitrogens with zero attached hydrogens (tertiary/aromatic N) is 3. The summed E-state index contributed by atoms with van der Waals surface area (Å²) in [4.78, 5) is 25.0. The van der Waals surface area contributed by atoms with Gasteiger partial charge in [-0.15, -0.1) is 0 Å². The molecule has 1 aromatic heterocycles. The van der Waals surface area contributed by atoms with E-state index in [1.165, 1.54) is 16.7 Å². The molecule has 2 aliphatic rings. The van der Waals surface area contributed by atoms with Gasteiger partial charge in [-0.05, 0) is 48.6 Å². The van der Waals surface area contributed by atoms with Crippen LogP contribution >= 0.6 is 0 Å². The van der Waals surface area contributed by atoms with Crippen molar-refractivity contribution in [2.75, 3.05) is 38.8 Å². The number of nitrogens with one attached hydrogen (secondary N) is 1. The highest BCUT2D eigenvalue weighted by molar-refractivity contribution is 5.82. The van der Waals surface area contributed by atoms with Crippen LogP contribution in [0, 0.1) is 0 Å². The Morgan fingerprint density at radius 1 is 1.18 bits per heavy atom. The third-order valence-electron chi connectivity index (χ3n) is 6.94. The molecule has 0 radical (unpaired) electrons. The lowest BCUT2D eigenvalue weighted by molar-refractivity contribution is 0.153. The molecule has 2 aromatic carbocycles. The molecule has 1 unspecified atom stereocenters. The molecule has 2 aliphatic heterocycles. The molecule has 0 saturated carbocycles. The lowest BCUT2D eigenvalue weighted by atomic mass is 9.94. The Balaban J connectivity index is 1.43. The molecule has 33 heavy (non-hydrogen) atoms. The minimum absolute atomic E-state index is 0.195. The van der Waals surface area contributed by atoms with E-state index in [9.17, 15) is 9.90 Å². The van der Waals surface area contributed by atoms with Gasteiger partial charge in [0.25, 0.3) is 5.56 Å². The summed E-state index contributed by atoms with van der Waals surface area (Å²) in [6.45, 7) is 3.60. The summed E-state index contributed by atoms with van der Waals surface area (Å²) in [5, 5.41) is 10.1. The van der Waals surface area contributed by atoms with Crippen molar-refractivity contribution >= 4 is 16.9 Å². The predicted octanol–water partition coefficient (Wildman–Crippen LogP) is 2.46. The maximum absolute atomic E-state index is 12.8. The van der Waals surface area contributed by atoms with Crippen molar-refractivity contribution in [2.24, 2.45) is 0 Å². The fourth-order valence-electron chi connectivity index (χ4n) is 5.15. The highest BCUT2D eigenvalue weighted by Gasteiger charge is 2.26. The normalized spacial score (nSPS) is 18.5. The number of anilines is 1. The summed E-state index contributed by atoms with van der Waals surface area (Å²) in [7, 11) is 3.12. The Morgan fingerprint density at radius 2 is 2.00 bits per heavy atom. The first-order valence-corrected chi connectivity index (χ1v) is 11.5. The number of rotatable bonds is 6. The van der Waals surface area contributed by atoms with Crippen molar-refractivity contribution in [2.45, 2.75) is 38.4 Å². The number of methoxy groups -OCH3 is 2. The minimum Gasteiger partial charge on any atom is -0.493 e. The van der Waals surface area contributed by atoms with Crippen LogP contribution in [0.5, 0.6) is 11.5 Å². The highest BCUT2D eigenvalue weighted by atomic mass is 16.5. The number of benzene rings is 2. The minimum atomic E-state index is -0.195. The number of hydrogen-bond acceptors (Lipinski definition) is 7. The third-order valence-corrected chi connectivity index (χ3v) is 6.94. The van der Waals surface area contributed by atoms with Gasteiger partial charge in [-0.1, -0.05) is 18.2 Å². The second-order valence-corrected chi connectivity index (χ2v) is 8.79. The number of aliphatic hydroxyl groups is 1. The van der Waals surface area contributed by atoms with Crippen LogP contribution in [0.2, 0.25) is 0 Å². The number of hydrogen-bond donors (Lipinski definition) is 2. The number of aromatic amines is 1. The van der Waals surface area contributed by atoms with E-state index in [4.69, 9.17) is 14.5 Å². The third kappa shape index (κ3) is 4.05. The van der Waals surface area contributed by atoms with Gasteiger partial charge >= 0.3 is 0 Å². The fourth-order valence-corrected chi connectivity index (χ4v) is 5.15. The smallest absolute Gasteiger partial charge is 0.260 e. The maximum atomic E-state index is 12.8. The molecule has 3 heterocycles. The molecule has 2 N–H and O–H groups in total. The number of likely N-dealkylation sites (tertiary alicyclic amines) is 1. The van der Waals surface area contributed by atoms with E-state index in [1.807, 2.05) is 0 Å². The molecule has 1 fully saturated rings. The predicted molar refractivity (Wildman–Crippen MR) is 127 cm³/mol. The molecule has 3 aromatic rings. The molecule has 1 atom stereocenters. The molecular weight excluding hydrogens is 420 g/mol. The number of aromatic nitrogens is 2. The molecule has 0 amide bonds. The largest absolute Gasteiger partial charge is 0.493 e. The van der Waals surface area contributed by atoms with Gasteiger partial charge in [-0.2, -0.15) is 0 Å². The SMILES string of the molecule is COc1cc2nc(N3CCc4c(cccc4CN4CCCC4CO)C3)[nH]c(=O)c2cc1OC. The zero-order valence-corrected chi connectivity index (χ0v) is 19.1. The fraction of sp³-hybridized carbons (Fsp3) is 0.440. The highest BCUT2D eigenvalue weighted by Crippen LogP contribution is 2.32. The van der Waals surface area contributed by atoms with E-state index in [0.717, 1.165) is 38.9 Å². The second-order valence-electron chi connectivity index (χ2n) is 8.79. The van der Waals surface area contributed by atoms with E-state index in [2.05, 4.69) is 33.0 Å². The Hall–Kier alpha value is -3.10. The number of ether oxygens (including phenoxy) is 2. The molecule has 5 rings (SSSR count). The summed E-state index contributed by atoms with van der Waals surface area (Å²) in [5.41, 5.74) is 4.36. The first kappa shape index (κ1) is 21.7. The molecular formula is C25H30N4O4. The van der Waals surface area contributed by atoms with E-state index < -0.39 is 0 Å². The van der Waals surface area contributed by atoms with Gasteiger partial charge in [-0.25, -0.2) is 4.98 Å². The van der Waals surface area contributed by atoms with Gasteiger partial charge in [0.15, 0.2) is 11.5 Å². The molecule has 0 aliphatic carbocycles. The number of aliphatic hydroxyl groups excluding tert-OH is 1. The van der Waals surface area contributed by atoms with Crippen LogP contribution < -0.4 is 19.9 Å². The van der Waals surface area contributed by atoms with Gasteiger partial charge in [0.1, 0.15) is 0 Å². The number of fused-ring (bicyclic) bond motifs is 2. The van der Waals surface area contributed by atoms with E-state index >= 15 is 0 Å². The Labute approximate surface area is 192 Å². The lowest BCUT2D eigenvalue weighted by Gasteiger charge is -2.32. The molecule has 1 saturated heterocycles. The van der Waals surface area contributed by atoms with Gasteiger partial charge in [0.05, 0.1) is 31.7 Å². The van der Waals surface area contributed by atoms with Crippen LogP contribution in [0.4, 0.5) is 5.95 Å². The standard InChI is InChI=1S/C25H30N4O4/c1-32-22-11-20-21(12-23(22)33-2)26-25(27-24(20)31)29-10-8-19-16(5-3-6-17(19)14-29)13-28-9-4-7-18(28)15-30/h3,5-6,11-12,18,30H,4,7-10,13-15H2,1-2H3,(H,26,27,31). The first-order valence-electron chi connectivity index (χ1n) is 11.5. The number of H-pyrrole nitrogens is 1. The van der Waals surface area contributed by atoms with Crippen molar-refractivity contribution in [3.8, 4) is 11.5 Å². The zero-order chi connectivity index (χ0) is 22.9. The van der Waals surface area contributed by atoms with Crippen LogP contribution in [-0.4, -0.2) is 59.9 Å². The van der Waals surface area contributed by atoms with Gasteiger partial charge in [-0.3, -0.25) is 14.7 Å². The summed E-state index contributed by atoms with van der Waals surface area (Å²) < 4.78 is 10.7. The Kier molecular flexibility index (Phi) is 5.95. The summed E-state index contributed by atoms with van der Waals surface area (Å²) >= 11 is 0. The molecule has 8 heteroatoms. The van der Waals surface area contributed by atoms with Gasteiger partial charge in [0.2, 0.25) is 5.95 Å². The second kappa shape index (κ2) is 9.03. The molecule has 0 spiro atoms. The van der Waals surface area contributed by atoms with Crippen molar-refractivity contribution in [3.63, 3.8) is 0 Å². The average Bonchev–Trinajstić information content (AvgIpc) is 3.30. The van der Waals surface area contributed by atoms with Crippen LogP contribution in [0.3, 0.4) is 0 Å². The van der Waals surface area contributed by atoms with Crippen LogP contribution in [0.15, 0.2) is 35.1 Å². The van der Waals surface area contributed by atoms with Crippen molar-refractivity contribution in [1.82, 2.24) is 14.9 Å². The summed E-state index contributed by atoms with van der Waals surface area (Å²) in [6.07, 6.45) is 3.10. The van der Waals surface area contributed by atoms with Gasteiger partial charge < -0.3 is 19.5 Å². The summed E-state index contributed by atoms with van der Waals surface area (Å²) in [6, 6.07) is 10.2. The molecule has 174 valence electrons. The quantitative estimate of drug-likeness (QED) is 0.596. The topological polar surface area (TPSA) is 90.9 Å². The van der Waals surface area contributed by atoms with Crippen molar-refractivity contribution in [3.05, 3.63) is 57.4 Å². The van der Waals surface area contributed by atoms with Crippen LogP contribution in [0.25, 0.3) is 10.9 Å². The van der Waals surface area contributed by atoms with Crippen molar-refractivity contribution < 1.29 is 14.6 Å². The maximum Gasteiger partial charge on any atom is 0.260 e. The molecule has 8 nitrogen and oxygen atoms in total. The first-order chi connectivity index (χ1) is 16.1. The average molecular weight is 451 g/mol. The Morgan fingerprint density at radius 3 is 2.79 bits per heavy atom. The van der Waals surface area contributed by atoms with Crippen LogP contribution in [-0.2, 0) is 19.5 Å². The van der Waals surface area contributed by atoms with Crippen molar-refractivity contribution in [1.29, 1.82) is 0 Å². The van der Waals surface area contributed by atoms with Gasteiger partial charge in [0, 0.05) is 31.7 Å². The zero-order valence-electron chi connectivity index (χ0n) is 19.1. The van der Waals surface area contributed by atoms with E-state index in [1.54, 1.807) is 26.4 Å².